The highest BCUT2D eigenvalue weighted by Crippen LogP contribution is 2.14. The average molecular weight is 239 g/mol. The van der Waals surface area contributed by atoms with E-state index in [0.29, 0.717) is 11.9 Å². The fourth-order valence-corrected chi connectivity index (χ4v) is 1.97. The van der Waals surface area contributed by atoms with Crippen molar-refractivity contribution in [2.24, 2.45) is 0 Å². The Balaban J connectivity index is 2.31. The van der Waals surface area contributed by atoms with E-state index < -0.39 is 0 Å². The van der Waals surface area contributed by atoms with Crippen molar-refractivity contribution in [3.8, 4) is 0 Å². The molecule has 0 saturated heterocycles. The smallest absolute Gasteiger partial charge is 0.157 e. The summed E-state index contributed by atoms with van der Waals surface area (Å²) in [7, 11) is 0. The molecule has 0 amide bonds. The van der Waals surface area contributed by atoms with Crippen molar-refractivity contribution < 1.29 is 0 Å². The summed E-state index contributed by atoms with van der Waals surface area (Å²) in [5.41, 5.74) is 2.03. The van der Waals surface area contributed by atoms with E-state index >= 15 is 0 Å². The van der Waals surface area contributed by atoms with E-state index in [1.54, 1.807) is 10.8 Å². The second-order valence-electron chi connectivity index (χ2n) is 3.97. The lowest BCUT2D eigenvalue weighted by atomic mass is 10.2. The summed E-state index contributed by atoms with van der Waals surface area (Å²) in [4.78, 5) is 4.18. The lowest BCUT2D eigenvalue weighted by Crippen LogP contribution is -2.18. The zero-order valence-corrected chi connectivity index (χ0v) is 10.2. The molecule has 0 aliphatic heterocycles. The minimum absolute atomic E-state index is 0.326. The van der Waals surface area contributed by atoms with Gasteiger partial charge in [0.15, 0.2) is 5.65 Å². The van der Waals surface area contributed by atoms with Gasteiger partial charge in [-0.15, -0.1) is 11.6 Å². The molecule has 4 nitrogen and oxygen atoms in total. The highest BCUT2D eigenvalue weighted by Gasteiger charge is 2.06. The van der Waals surface area contributed by atoms with Gasteiger partial charge < -0.3 is 5.32 Å². The van der Waals surface area contributed by atoms with E-state index in [0.717, 1.165) is 17.9 Å². The lowest BCUT2D eigenvalue weighted by Gasteiger charge is -2.15. The Kier molecular flexibility index (Phi) is 3.29. The standard InChI is InChI=1S/C11H15ClN4/c1-8-5-10-13-7-14-16(10)11(6-8)15-9(2)3-4-12/h5-7,9,15H,3-4H2,1-2H3. The second-order valence-corrected chi connectivity index (χ2v) is 4.35. The lowest BCUT2D eigenvalue weighted by molar-refractivity contribution is 0.754. The molecule has 2 aromatic rings. The zero-order valence-electron chi connectivity index (χ0n) is 9.44. The topological polar surface area (TPSA) is 42.2 Å². The minimum atomic E-state index is 0.326. The molecule has 86 valence electrons. The molecule has 0 bridgehead atoms. The normalized spacial score (nSPS) is 12.9. The summed E-state index contributed by atoms with van der Waals surface area (Å²) in [6.45, 7) is 4.15. The number of alkyl halides is 1. The number of aryl methyl sites for hydroxylation is 1. The van der Waals surface area contributed by atoms with E-state index in [1.807, 2.05) is 13.0 Å². The molecule has 5 heteroatoms. The van der Waals surface area contributed by atoms with Crippen LogP contribution in [0.2, 0.25) is 0 Å². The first-order valence-corrected chi connectivity index (χ1v) is 5.87. The summed E-state index contributed by atoms with van der Waals surface area (Å²) >= 11 is 5.72. The molecule has 0 saturated carbocycles. The fraction of sp³-hybridized carbons (Fsp3) is 0.455. The Morgan fingerprint density at radius 2 is 2.31 bits per heavy atom. The van der Waals surface area contributed by atoms with Gasteiger partial charge in [0.1, 0.15) is 12.1 Å². The Morgan fingerprint density at radius 3 is 3.06 bits per heavy atom. The van der Waals surface area contributed by atoms with Gasteiger partial charge in [-0.1, -0.05) is 0 Å². The maximum Gasteiger partial charge on any atom is 0.157 e. The van der Waals surface area contributed by atoms with Gasteiger partial charge >= 0.3 is 0 Å². The van der Waals surface area contributed by atoms with Crippen molar-refractivity contribution in [2.45, 2.75) is 26.3 Å². The van der Waals surface area contributed by atoms with Gasteiger partial charge in [-0.05, 0) is 38.0 Å². The van der Waals surface area contributed by atoms with Crippen molar-refractivity contribution in [1.29, 1.82) is 0 Å². The molecule has 0 aliphatic rings. The first kappa shape index (κ1) is 11.2. The number of anilines is 1. The van der Waals surface area contributed by atoms with Gasteiger partial charge in [-0.2, -0.15) is 9.61 Å². The number of hydrogen-bond donors (Lipinski definition) is 1. The summed E-state index contributed by atoms with van der Waals surface area (Å²) < 4.78 is 1.80. The minimum Gasteiger partial charge on any atom is -0.367 e. The molecule has 0 aromatic carbocycles. The quantitative estimate of drug-likeness (QED) is 0.833. The molecule has 2 rings (SSSR count). The van der Waals surface area contributed by atoms with Crippen LogP contribution in [-0.2, 0) is 0 Å². The van der Waals surface area contributed by atoms with Crippen LogP contribution in [0.25, 0.3) is 5.65 Å². The third-order valence-corrected chi connectivity index (χ3v) is 2.68. The van der Waals surface area contributed by atoms with Gasteiger partial charge in [0, 0.05) is 11.9 Å². The number of aromatic nitrogens is 3. The Hall–Kier alpha value is -1.29. The van der Waals surface area contributed by atoms with Crippen LogP contribution in [0, 0.1) is 6.92 Å². The van der Waals surface area contributed by atoms with Crippen molar-refractivity contribution in [1.82, 2.24) is 14.6 Å². The SMILES string of the molecule is Cc1cc(NC(C)CCCl)n2ncnc2c1. The molecule has 1 unspecified atom stereocenters. The molecule has 0 aliphatic carbocycles. The van der Waals surface area contributed by atoms with Crippen LogP contribution in [0.4, 0.5) is 5.82 Å². The largest absolute Gasteiger partial charge is 0.367 e. The molecule has 0 radical (unpaired) electrons. The number of hydrogen-bond acceptors (Lipinski definition) is 3. The molecule has 16 heavy (non-hydrogen) atoms. The van der Waals surface area contributed by atoms with E-state index in [9.17, 15) is 0 Å². The van der Waals surface area contributed by atoms with Crippen LogP contribution in [0.3, 0.4) is 0 Å². The monoisotopic (exact) mass is 238 g/mol. The summed E-state index contributed by atoms with van der Waals surface area (Å²) in [6, 6.07) is 4.39. The maximum absolute atomic E-state index is 5.72. The highest BCUT2D eigenvalue weighted by atomic mass is 35.5. The zero-order chi connectivity index (χ0) is 11.5. The number of rotatable bonds is 4. The van der Waals surface area contributed by atoms with Gasteiger partial charge in [0.2, 0.25) is 0 Å². The summed E-state index contributed by atoms with van der Waals surface area (Å²) in [6.07, 6.45) is 2.48. The third-order valence-electron chi connectivity index (χ3n) is 2.46. The van der Waals surface area contributed by atoms with E-state index in [1.165, 1.54) is 5.56 Å². The van der Waals surface area contributed by atoms with Crippen molar-refractivity contribution in [3.63, 3.8) is 0 Å². The molecule has 0 spiro atoms. The van der Waals surface area contributed by atoms with E-state index in [-0.39, 0.29) is 0 Å². The van der Waals surface area contributed by atoms with Crippen LogP contribution in [0.1, 0.15) is 18.9 Å². The van der Waals surface area contributed by atoms with Gasteiger partial charge in [0.25, 0.3) is 0 Å². The average Bonchev–Trinajstić information content (AvgIpc) is 2.65. The molecule has 2 aromatic heterocycles. The van der Waals surface area contributed by atoms with Gasteiger partial charge in [0.05, 0.1) is 0 Å². The van der Waals surface area contributed by atoms with Crippen LogP contribution >= 0.6 is 11.6 Å². The highest BCUT2D eigenvalue weighted by molar-refractivity contribution is 6.17. The molecule has 1 atom stereocenters. The predicted octanol–water partition coefficient (Wildman–Crippen LogP) is 2.47. The van der Waals surface area contributed by atoms with Crippen molar-refractivity contribution >= 4 is 23.1 Å². The predicted molar refractivity (Wildman–Crippen MR) is 66.1 cm³/mol. The molecule has 1 N–H and O–H groups in total. The summed E-state index contributed by atoms with van der Waals surface area (Å²) in [5.74, 6) is 1.62. The van der Waals surface area contributed by atoms with Crippen molar-refractivity contribution in [3.05, 3.63) is 24.0 Å². The van der Waals surface area contributed by atoms with Crippen LogP contribution < -0.4 is 5.32 Å². The van der Waals surface area contributed by atoms with Crippen LogP contribution in [0.5, 0.6) is 0 Å². The molecule has 2 heterocycles. The van der Waals surface area contributed by atoms with Crippen LogP contribution in [0.15, 0.2) is 18.5 Å². The third kappa shape index (κ3) is 2.27. The van der Waals surface area contributed by atoms with E-state index in [2.05, 4.69) is 28.4 Å². The molecular formula is C11H15ClN4. The van der Waals surface area contributed by atoms with Gasteiger partial charge in [-0.25, -0.2) is 4.98 Å². The van der Waals surface area contributed by atoms with Crippen molar-refractivity contribution in [2.75, 3.05) is 11.2 Å². The maximum atomic E-state index is 5.72. The van der Waals surface area contributed by atoms with E-state index in [4.69, 9.17) is 11.6 Å². The second kappa shape index (κ2) is 4.70. The Morgan fingerprint density at radius 1 is 1.50 bits per heavy atom. The first-order chi connectivity index (χ1) is 7.70. The number of nitrogens with one attached hydrogen (secondary N) is 1. The number of fused-ring (bicyclic) bond motifs is 1. The Bertz CT molecular complexity index is 480. The molecular weight excluding hydrogens is 224 g/mol. The number of pyridine rings is 1. The Labute approximate surface area is 99.6 Å². The fourth-order valence-electron chi connectivity index (χ4n) is 1.65. The number of halogens is 1. The van der Waals surface area contributed by atoms with Gasteiger partial charge in [-0.3, -0.25) is 0 Å². The van der Waals surface area contributed by atoms with Crippen LogP contribution in [-0.4, -0.2) is 26.5 Å². The summed E-state index contributed by atoms with van der Waals surface area (Å²) in [5, 5.41) is 7.57. The molecule has 0 fully saturated rings. The first-order valence-electron chi connectivity index (χ1n) is 5.33. The number of nitrogens with zero attached hydrogens (tertiary/aromatic N) is 3.